The summed E-state index contributed by atoms with van der Waals surface area (Å²) in [6.45, 7) is 10.2. The van der Waals surface area contributed by atoms with Crippen molar-refractivity contribution >= 4 is 0 Å². The average molecular weight is 217 g/mol. The van der Waals surface area contributed by atoms with Gasteiger partial charge < -0.3 is 5.32 Å². The van der Waals surface area contributed by atoms with Gasteiger partial charge in [0.2, 0.25) is 0 Å². The predicted octanol–water partition coefficient (Wildman–Crippen LogP) is 3.87. The molecule has 0 heterocycles. The number of rotatable bonds is 7. The molecule has 0 aliphatic carbocycles. The lowest BCUT2D eigenvalue weighted by Gasteiger charge is -2.07. The van der Waals surface area contributed by atoms with Crippen molar-refractivity contribution in [1.82, 2.24) is 5.32 Å². The van der Waals surface area contributed by atoms with Crippen molar-refractivity contribution in [2.75, 3.05) is 6.54 Å². The minimum atomic E-state index is 0.620. The van der Waals surface area contributed by atoms with Crippen molar-refractivity contribution in [1.29, 1.82) is 0 Å². The van der Waals surface area contributed by atoms with E-state index in [1.54, 1.807) is 0 Å². The van der Waals surface area contributed by atoms with E-state index in [0.717, 1.165) is 19.5 Å². The molecule has 0 spiro atoms. The topological polar surface area (TPSA) is 12.0 Å². The first kappa shape index (κ1) is 13.0. The van der Waals surface area contributed by atoms with Crippen molar-refractivity contribution in [3.8, 4) is 0 Å². The highest BCUT2D eigenvalue weighted by atomic mass is 14.8. The number of allylic oxidation sites excluding steroid dienone is 1. The summed E-state index contributed by atoms with van der Waals surface area (Å²) in [6, 6.07) is 8.89. The molecular formula is C15H23N. The van der Waals surface area contributed by atoms with Crippen molar-refractivity contribution in [2.24, 2.45) is 0 Å². The zero-order chi connectivity index (χ0) is 11.8. The van der Waals surface area contributed by atoms with E-state index in [9.17, 15) is 0 Å². The van der Waals surface area contributed by atoms with E-state index >= 15 is 0 Å². The minimum absolute atomic E-state index is 0.620. The third-order valence-electron chi connectivity index (χ3n) is 2.74. The van der Waals surface area contributed by atoms with Crippen LogP contribution >= 0.6 is 0 Å². The number of hydrogen-bond donors (Lipinski definition) is 1. The smallest absolute Gasteiger partial charge is 0.0205 e. The average Bonchev–Trinajstić information content (AvgIpc) is 2.29. The van der Waals surface area contributed by atoms with Crippen molar-refractivity contribution in [2.45, 2.75) is 39.2 Å². The predicted molar refractivity (Wildman–Crippen MR) is 71.7 cm³/mol. The molecule has 0 unspecified atom stereocenters. The molecule has 0 saturated heterocycles. The molecule has 0 aromatic heterocycles. The fourth-order valence-corrected chi connectivity index (χ4v) is 1.62. The fraction of sp³-hybridized carbons (Fsp3) is 0.467. The van der Waals surface area contributed by atoms with Gasteiger partial charge in [-0.1, -0.05) is 44.2 Å². The molecule has 0 aliphatic rings. The summed E-state index contributed by atoms with van der Waals surface area (Å²) in [5.41, 5.74) is 2.78. The maximum Gasteiger partial charge on any atom is 0.0205 e. The van der Waals surface area contributed by atoms with Gasteiger partial charge in [0.15, 0.2) is 0 Å². The van der Waals surface area contributed by atoms with Crippen LogP contribution in [-0.4, -0.2) is 6.54 Å². The molecular weight excluding hydrogens is 194 g/mol. The molecule has 0 radical (unpaired) electrons. The van der Waals surface area contributed by atoms with Gasteiger partial charge in [0.05, 0.1) is 0 Å². The maximum atomic E-state index is 3.71. The lowest BCUT2D eigenvalue weighted by Crippen LogP contribution is -2.14. The van der Waals surface area contributed by atoms with Gasteiger partial charge in [0.1, 0.15) is 0 Å². The molecule has 1 aromatic carbocycles. The van der Waals surface area contributed by atoms with Crippen LogP contribution in [0.1, 0.15) is 43.7 Å². The summed E-state index contributed by atoms with van der Waals surface area (Å²) in [6.07, 6.45) is 4.24. The van der Waals surface area contributed by atoms with E-state index in [-0.39, 0.29) is 0 Å². The largest absolute Gasteiger partial charge is 0.313 e. The van der Waals surface area contributed by atoms with Crippen LogP contribution in [0, 0.1) is 0 Å². The Morgan fingerprint density at radius 1 is 1.25 bits per heavy atom. The third-order valence-corrected chi connectivity index (χ3v) is 2.74. The van der Waals surface area contributed by atoms with Crippen LogP contribution in [-0.2, 0) is 6.54 Å². The summed E-state index contributed by atoms with van der Waals surface area (Å²) in [5.74, 6) is 0.620. The van der Waals surface area contributed by atoms with Crippen LogP contribution in [0.5, 0.6) is 0 Å². The Morgan fingerprint density at radius 2 is 1.94 bits per heavy atom. The Labute approximate surface area is 99.6 Å². The standard InChI is InChI=1S/C15H23N/c1-4-5-6-11-16-12-14-7-9-15(10-8-14)13(2)3/h4,7-10,13,16H,1,5-6,11-12H2,2-3H3. The molecule has 1 rings (SSSR count). The summed E-state index contributed by atoms with van der Waals surface area (Å²) in [5, 5.41) is 3.44. The number of nitrogens with one attached hydrogen (secondary N) is 1. The second-order valence-corrected chi connectivity index (χ2v) is 4.50. The Hall–Kier alpha value is -1.08. The summed E-state index contributed by atoms with van der Waals surface area (Å²) >= 11 is 0. The van der Waals surface area contributed by atoms with Gasteiger partial charge in [-0.05, 0) is 36.4 Å². The summed E-state index contributed by atoms with van der Waals surface area (Å²) < 4.78 is 0. The van der Waals surface area contributed by atoms with Gasteiger partial charge in [-0.15, -0.1) is 6.58 Å². The molecule has 1 N–H and O–H groups in total. The second-order valence-electron chi connectivity index (χ2n) is 4.50. The molecule has 1 nitrogen and oxygen atoms in total. The van der Waals surface area contributed by atoms with Crippen molar-refractivity contribution in [3.05, 3.63) is 48.0 Å². The highest BCUT2D eigenvalue weighted by Crippen LogP contribution is 2.14. The number of hydrogen-bond acceptors (Lipinski definition) is 1. The number of benzene rings is 1. The third kappa shape index (κ3) is 4.63. The zero-order valence-corrected chi connectivity index (χ0v) is 10.5. The van der Waals surface area contributed by atoms with Gasteiger partial charge in [-0.2, -0.15) is 0 Å². The first-order valence-corrected chi connectivity index (χ1v) is 6.14. The van der Waals surface area contributed by atoms with E-state index in [2.05, 4.69) is 50.0 Å². The highest BCUT2D eigenvalue weighted by molar-refractivity contribution is 5.24. The Kier molecular flexibility index (Phi) is 5.87. The lowest BCUT2D eigenvalue weighted by molar-refractivity contribution is 0.655. The quantitative estimate of drug-likeness (QED) is 0.540. The van der Waals surface area contributed by atoms with E-state index in [1.165, 1.54) is 17.5 Å². The van der Waals surface area contributed by atoms with Gasteiger partial charge in [0, 0.05) is 6.54 Å². The molecule has 0 bridgehead atoms. The SMILES string of the molecule is C=CCCCNCc1ccc(C(C)C)cc1. The van der Waals surface area contributed by atoms with Crippen LogP contribution in [0.4, 0.5) is 0 Å². The van der Waals surface area contributed by atoms with Crippen LogP contribution in [0.15, 0.2) is 36.9 Å². The zero-order valence-electron chi connectivity index (χ0n) is 10.5. The first-order chi connectivity index (χ1) is 7.74. The Bertz CT molecular complexity index is 298. The lowest BCUT2D eigenvalue weighted by atomic mass is 10.0. The first-order valence-electron chi connectivity index (χ1n) is 6.14. The molecule has 1 aromatic rings. The van der Waals surface area contributed by atoms with Crippen LogP contribution in [0.3, 0.4) is 0 Å². The fourth-order valence-electron chi connectivity index (χ4n) is 1.62. The van der Waals surface area contributed by atoms with Crippen LogP contribution in [0.25, 0.3) is 0 Å². The van der Waals surface area contributed by atoms with E-state index in [1.807, 2.05) is 6.08 Å². The summed E-state index contributed by atoms with van der Waals surface area (Å²) in [4.78, 5) is 0. The molecule has 0 fully saturated rings. The van der Waals surface area contributed by atoms with Crippen LogP contribution in [0.2, 0.25) is 0 Å². The van der Waals surface area contributed by atoms with Gasteiger partial charge >= 0.3 is 0 Å². The van der Waals surface area contributed by atoms with Crippen molar-refractivity contribution in [3.63, 3.8) is 0 Å². The van der Waals surface area contributed by atoms with Gasteiger partial charge in [-0.25, -0.2) is 0 Å². The molecule has 0 saturated carbocycles. The van der Waals surface area contributed by atoms with Crippen molar-refractivity contribution < 1.29 is 0 Å². The van der Waals surface area contributed by atoms with E-state index < -0.39 is 0 Å². The molecule has 0 amide bonds. The minimum Gasteiger partial charge on any atom is -0.313 e. The molecule has 16 heavy (non-hydrogen) atoms. The summed E-state index contributed by atoms with van der Waals surface area (Å²) in [7, 11) is 0. The Morgan fingerprint density at radius 3 is 2.50 bits per heavy atom. The molecule has 0 aliphatic heterocycles. The van der Waals surface area contributed by atoms with Crippen LogP contribution < -0.4 is 5.32 Å². The maximum absolute atomic E-state index is 3.71. The molecule has 88 valence electrons. The van der Waals surface area contributed by atoms with E-state index in [4.69, 9.17) is 0 Å². The van der Waals surface area contributed by atoms with Gasteiger partial charge in [0.25, 0.3) is 0 Å². The molecule has 0 atom stereocenters. The normalized spacial score (nSPS) is 10.7. The highest BCUT2D eigenvalue weighted by Gasteiger charge is 1.98. The second kappa shape index (κ2) is 7.24. The van der Waals surface area contributed by atoms with Gasteiger partial charge in [-0.3, -0.25) is 0 Å². The number of unbranched alkanes of at least 4 members (excludes halogenated alkanes) is 1. The van der Waals surface area contributed by atoms with E-state index in [0.29, 0.717) is 5.92 Å². The Balaban J connectivity index is 2.29. The molecule has 1 heteroatoms. The monoisotopic (exact) mass is 217 g/mol.